The van der Waals surface area contributed by atoms with Crippen LogP contribution >= 0.6 is 0 Å². The first-order valence-corrected chi connectivity index (χ1v) is 4.59. The molecule has 0 radical (unpaired) electrons. The highest BCUT2D eigenvalue weighted by atomic mass is 19.1. The fourth-order valence-electron chi connectivity index (χ4n) is 1.54. The molecule has 5 heteroatoms. The second-order valence-corrected chi connectivity index (χ2v) is 3.24. The quantitative estimate of drug-likeness (QED) is 0.825. The monoisotopic (exact) mass is 210 g/mol. The summed E-state index contributed by atoms with van der Waals surface area (Å²) in [5.41, 5.74) is 0.960. The van der Waals surface area contributed by atoms with Gasteiger partial charge in [0.05, 0.1) is 24.2 Å². The Kier molecular flexibility index (Phi) is 2.55. The standard InChI is InChI=1S/C10H11FN2O2/c1-15-5-4-13-9-3-2-7(11)6-8(9)12-10(13)14/h2-3,6H,4-5H2,1H3,(H,12,14). The fourth-order valence-corrected chi connectivity index (χ4v) is 1.54. The van der Waals surface area contributed by atoms with Crippen molar-refractivity contribution in [1.82, 2.24) is 9.55 Å². The number of nitrogens with zero attached hydrogens (tertiary/aromatic N) is 1. The number of ether oxygens (including phenoxy) is 1. The van der Waals surface area contributed by atoms with Gasteiger partial charge in [0.25, 0.3) is 0 Å². The van der Waals surface area contributed by atoms with Gasteiger partial charge in [-0.3, -0.25) is 4.57 Å². The van der Waals surface area contributed by atoms with Gasteiger partial charge in [0, 0.05) is 7.11 Å². The van der Waals surface area contributed by atoms with Crippen LogP contribution in [0, 0.1) is 5.82 Å². The predicted octanol–water partition coefficient (Wildman–Crippen LogP) is 1.12. The second-order valence-electron chi connectivity index (χ2n) is 3.24. The van der Waals surface area contributed by atoms with E-state index < -0.39 is 0 Å². The molecular formula is C10H11FN2O2. The smallest absolute Gasteiger partial charge is 0.326 e. The number of halogens is 1. The Morgan fingerprint density at radius 2 is 2.33 bits per heavy atom. The summed E-state index contributed by atoms with van der Waals surface area (Å²) in [7, 11) is 1.57. The summed E-state index contributed by atoms with van der Waals surface area (Å²) in [4.78, 5) is 14.1. The number of rotatable bonds is 3. The zero-order valence-electron chi connectivity index (χ0n) is 8.29. The van der Waals surface area contributed by atoms with Gasteiger partial charge in [-0.1, -0.05) is 0 Å². The van der Waals surface area contributed by atoms with Crippen molar-refractivity contribution in [3.63, 3.8) is 0 Å². The summed E-state index contributed by atoms with van der Waals surface area (Å²) in [5.74, 6) is -0.359. The summed E-state index contributed by atoms with van der Waals surface area (Å²) in [5, 5.41) is 0. The Bertz CT molecular complexity index is 530. The van der Waals surface area contributed by atoms with Crippen LogP contribution in [-0.2, 0) is 11.3 Å². The van der Waals surface area contributed by atoms with E-state index in [9.17, 15) is 9.18 Å². The van der Waals surface area contributed by atoms with Crippen LogP contribution in [0.1, 0.15) is 0 Å². The van der Waals surface area contributed by atoms with Gasteiger partial charge < -0.3 is 9.72 Å². The number of imidazole rings is 1. The predicted molar refractivity (Wildman–Crippen MR) is 54.4 cm³/mol. The third-order valence-electron chi connectivity index (χ3n) is 2.26. The lowest BCUT2D eigenvalue weighted by Gasteiger charge is -2.01. The van der Waals surface area contributed by atoms with E-state index in [-0.39, 0.29) is 11.5 Å². The van der Waals surface area contributed by atoms with Crippen LogP contribution in [0.2, 0.25) is 0 Å². The molecule has 1 N–H and O–H groups in total. The topological polar surface area (TPSA) is 47.0 Å². The number of hydrogen-bond donors (Lipinski definition) is 1. The van der Waals surface area contributed by atoms with Gasteiger partial charge in [-0.2, -0.15) is 0 Å². The number of hydrogen-bond acceptors (Lipinski definition) is 2. The van der Waals surface area contributed by atoms with Crippen molar-refractivity contribution in [3.05, 3.63) is 34.5 Å². The molecule has 1 aromatic carbocycles. The van der Waals surface area contributed by atoms with E-state index in [4.69, 9.17) is 4.74 Å². The molecule has 0 amide bonds. The number of aromatic amines is 1. The molecule has 15 heavy (non-hydrogen) atoms. The minimum atomic E-state index is -0.359. The summed E-state index contributed by atoms with van der Waals surface area (Å²) >= 11 is 0. The molecule has 1 aromatic heterocycles. The van der Waals surface area contributed by atoms with E-state index in [1.807, 2.05) is 0 Å². The van der Waals surface area contributed by atoms with Crippen LogP contribution in [0.4, 0.5) is 4.39 Å². The van der Waals surface area contributed by atoms with E-state index in [0.29, 0.717) is 24.2 Å². The number of H-pyrrole nitrogens is 1. The molecule has 4 nitrogen and oxygen atoms in total. The molecule has 1 heterocycles. The molecule has 80 valence electrons. The van der Waals surface area contributed by atoms with Gasteiger partial charge in [0.15, 0.2) is 0 Å². The average molecular weight is 210 g/mol. The van der Waals surface area contributed by atoms with Crippen molar-refractivity contribution >= 4 is 11.0 Å². The van der Waals surface area contributed by atoms with Crippen molar-refractivity contribution in [2.45, 2.75) is 6.54 Å². The van der Waals surface area contributed by atoms with Gasteiger partial charge in [0.2, 0.25) is 0 Å². The average Bonchev–Trinajstić information content (AvgIpc) is 2.50. The third-order valence-corrected chi connectivity index (χ3v) is 2.26. The molecule has 0 aliphatic carbocycles. The Morgan fingerprint density at radius 3 is 3.07 bits per heavy atom. The molecule has 0 spiro atoms. The van der Waals surface area contributed by atoms with Crippen molar-refractivity contribution in [2.75, 3.05) is 13.7 Å². The Hall–Kier alpha value is -1.62. The van der Waals surface area contributed by atoms with E-state index in [2.05, 4.69) is 4.98 Å². The van der Waals surface area contributed by atoms with E-state index in [1.54, 1.807) is 13.2 Å². The molecule has 0 fully saturated rings. The lowest BCUT2D eigenvalue weighted by Crippen LogP contribution is -2.18. The number of methoxy groups -OCH3 is 1. The molecule has 0 saturated carbocycles. The van der Waals surface area contributed by atoms with Crippen LogP contribution in [-0.4, -0.2) is 23.3 Å². The van der Waals surface area contributed by atoms with Gasteiger partial charge >= 0.3 is 5.69 Å². The molecule has 0 bridgehead atoms. The minimum absolute atomic E-state index is 0.243. The van der Waals surface area contributed by atoms with E-state index >= 15 is 0 Å². The molecular weight excluding hydrogens is 199 g/mol. The van der Waals surface area contributed by atoms with E-state index in [0.717, 1.165) is 0 Å². The van der Waals surface area contributed by atoms with E-state index in [1.165, 1.54) is 16.7 Å². The zero-order valence-corrected chi connectivity index (χ0v) is 8.29. The lowest BCUT2D eigenvalue weighted by molar-refractivity contribution is 0.187. The lowest BCUT2D eigenvalue weighted by atomic mass is 10.3. The second kappa shape index (κ2) is 3.86. The first-order chi connectivity index (χ1) is 7.22. The van der Waals surface area contributed by atoms with Crippen LogP contribution in [0.3, 0.4) is 0 Å². The number of aromatic nitrogens is 2. The maximum atomic E-state index is 12.9. The molecule has 0 unspecified atom stereocenters. The SMILES string of the molecule is COCCn1c(=O)[nH]c2cc(F)ccc21. The molecule has 0 aliphatic rings. The summed E-state index contributed by atoms with van der Waals surface area (Å²) in [6.07, 6.45) is 0. The van der Waals surface area contributed by atoms with Gasteiger partial charge in [-0.15, -0.1) is 0 Å². The van der Waals surface area contributed by atoms with Crippen LogP contribution in [0.25, 0.3) is 11.0 Å². The van der Waals surface area contributed by atoms with Crippen LogP contribution in [0.15, 0.2) is 23.0 Å². The van der Waals surface area contributed by atoms with Gasteiger partial charge in [-0.05, 0) is 18.2 Å². The maximum absolute atomic E-state index is 12.9. The molecule has 0 saturated heterocycles. The van der Waals surface area contributed by atoms with Gasteiger partial charge in [-0.25, -0.2) is 9.18 Å². The Morgan fingerprint density at radius 1 is 1.53 bits per heavy atom. The summed E-state index contributed by atoms with van der Waals surface area (Å²) in [6.45, 7) is 0.908. The van der Waals surface area contributed by atoms with Gasteiger partial charge in [0.1, 0.15) is 5.82 Å². The molecule has 0 aliphatic heterocycles. The normalized spacial score (nSPS) is 11.1. The first kappa shape index (κ1) is 9.92. The summed E-state index contributed by atoms with van der Waals surface area (Å²) < 4.78 is 19.3. The first-order valence-electron chi connectivity index (χ1n) is 4.59. The number of fused-ring (bicyclic) bond motifs is 1. The number of benzene rings is 1. The van der Waals surface area contributed by atoms with Crippen LogP contribution in [0.5, 0.6) is 0 Å². The highest BCUT2D eigenvalue weighted by Crippen LogP contribution is 2.11. The largest absolute Gasteiger partial charge is 0.383 e. The molecule has 2 rings (SSSR count). The Balaban J connectivity index is 2.53. The molecule has 0 atom stereocenters. The fraction of sp³-hybridized carbons (Fsp3) is 0.300. The minimum Gasteiger partial charge on any atom is -0.383 e. The van der Waals surface area contributed by atoms with Crippen molar-refractivity contribution < 1.29 is 9.13 Å². The van der Waals surface area contributed by atoms with Crippen molar-refractivity contribution in [2.24, 2.45) is 0 Å². The highest BCUT2D eigenvalue weighted by Gasteiger charge is 2.06. The van der Waals surface area contributed by atoms with Crippen molar-refractivity contribution in [3.8, 4) is 0 Å². The van der Waals surface area contributed by atoms with Crippen molar-refractivity contribution in [1.29, 1.82) is 0 Å². The third kappa shape index (κ3) is 1.78. The highest BCUT2D eigenvalue weighted by molar-refractivity contribution is 5.75. The molecule has 2 aromatic rings. The summed E-state index contributed by atoms with van der Waals surface area (Å²) in [6, 6.07) is 4.22. The Labute approximate surface area is 85.3 Å². The maximum Gasteiger partial charge on any atom is 0.326 e. The number of nitrogens with one attached hydrogen (secondary N) is 1. The zero-order chi connectivity index (χ0) is 10.8. The van der Waals surface area contributed by atoms with Crippen LogP contribution < -0.4 is 5.69 Å².